The zero-order valence-corrected chi connectivity index (χ0v) is 9.16. The molecule has 0 saturated carbocycles. The summed E-state index contributed by atoms with van der Waals surface area (Å²) in [6.07, 6.45) is 0.276. The van der Waals surface area contributed by atoms with Gasteiger partial charge >= 0.3 is 0 Å². The SMILES string of the molecule is CC[C@H](O)C#CCN1CCN(C)CC1. The summed E-state index contributed by atoms with van der Waals surface area (Å²) in [5.74, 6) is 5.87. The molecule has 1 N–H and O–H groups in total. The first-order chi connectivity index (χ1) is 6.72. The van der Waals surface area contributed by atoms with E-state index in [-0.39, 0.29) is 0 Å². The molecule has 1 aliphatic rings. The van der Waals surface area contributed by atoms with E-state index in [0.717, 1.165) is 39.1 Å². The fraction of sp³-hybridized carbons (Fsp3) is 0.818. The molecule has 0 bridgehead atoms. The van der Waals surface area contributed by atoms with Gasteiger partial charge < -0.3 is 10.0 Å². The van der Waals surface area contributed by atoms with Crippen molar-refractivity contribution in [2.24, 2.45) is 0 Å². The van der Waals surface area contributed by atoms with Gasteiger partial charge in [0.15, 0.2) is 0 Å². The Morgan fingerprint density at radius 3 is 2.50 bits per heavy atom. The molecular weight excluding hydrogens is 176 g/mol. The summed E-state index contributed by atoms with van der Waals surface area (Å²) >= 11 is 0. The summed E-state index contributed by atoms with van der Waals surface area (Å²) < 4.78 is 0. The van der Waals surface area contributed by atoms with Gasteiger partial charge in [0.05, 0.1) is 6.54 Å². The van der Waals surface area contributed by atoms with E-state index in [1.807, 2.05) is 6.92 Å². The minimum atomic E-state index is -0.442. The van der Waals surface area contributed by atoms with Crippen LogP contribution in [0.15, 0.2) is 0 Å². The highest BCUT2D eigenvalue weighted by Crippen LogP contribution is 1.97. The lowest BCUT2D eigenvalue weighted by Gasteiger charge is -2.30. The number of rotatable bonds is 2. The Morgan fingerprint density at radius 2 is 1.93 bits per heavy atom. The maximum absolute atomic E-state index is 9.23. The summed E-state index contributed by atoms with van der Waals surface area (Å²) in [6, 6.07) is 0. The molecule has 0 aromatic carbocycles. The predicted molar refractivity (Wildman–Crippen MR) is 58.0 cm³/mol. The number of hydrogen-bond acceptors (Lipinski definition) is 3. The summed E-state index contributed by atoms with van der Waals surface area (Å²) in [7, 11) is 2.14. The molecule has 0 radical (unpaired) electrons. The molecule has 1 rings (SSSR count). The van der Waals surface area contributed by atoms with Crippen molar-refractivity contribution in [2.45, 2.75) is 19.4 Å². The number of piperazine rings is 1. The Hall–Kier alpha value is -0.560. The van der Waals surface area contributed by atoms with Crippen LogP contribution in [0.25, 0.3) is 0 Å². The first-order valence-electron chi connectivity index (χ1n) is 5.29. The third kappa shape index (κ3) is 4.10. The molecule has 1 aliphatic heterocycles. The third-order valence-corrected chi connectivity index (χ3v) is 2.55. The lowest BCUT2D eigenvalue weighted by molar-refractivity contribution is 0.168. The molecule has 1 atom stereocenters. The zero-order chi connectivity index (χ0) is 10.4. The Balaban J connectivity index is 2.20. The number of nitrogens with zero attached hydrogens (tertiary/aromatic N) is 2. The molecule has 3 heteroatoms. The number of aliphatic hydroxyl groups excluding tert-OH is 1. The van der Waals surface area contributed by atoms with Gasteiger partial charge in [-0.05, 0) is 13.5 Å². The molecule has 0 unspecified atom stereocenters. The monoisotopic (exact) mass is 196 g/mol. The standard InChI is InChI=1S/C11H20N2O/c1-3-11(14)5-4-6-13-9-7-12(2)8-10-13/h11,14H,3,6-10H2,1-2H3/t11-/m0/s1. The van der Waals surface area contributed by atoms with E-state index in [9.17, 15) is 5.11 Å². The van der Waals surface area contributed by atoms with Crippen LogP contribution in [-0.4, -0.2) is 60.8 Å². The van der Waals surface area contributed by atoms with Crippen molar-refractivity contribution in [2.75, 3.05) is 39.8 Å². The van der Waals surface area contributed by atoms with E-state index in [1.54, 1.807) is 0 Å². The minimum absolute atomic E-state index is 0.442. The van der Waals surface area contributed by atoms with Gasteiger partial charge in [-0.15, -0.1) is 0 Å². The molecule has 0 aromatic rings. The van der Waals surface area contributed by atoms with Crippen molar-refractivity contribution < 1.29 is 5.11 Å². The summed E-state index contributed by atoms with van der Waals surface area (Å²) in [4.78, 5) is 4.65. The van der Waals surface area contributed by atoms with Crippen LogP contribution in [0.3, 0.4) is 0 Å². The largest absolute Gasteiger partial charge is 0.380 e. The highest BCUT2D eigenvalue weighted by Gasteiger charge is 2.11. The van der Waals surface area contributed by atoms with E-state index in [1.165, 1.54) is 0 Å². The summed E-state index contributed by atoms with van der Waals surface area (Å²) in [5.41, 5.74) is 0. The van der Waals surface area contributed by atoms with Crippen molar-refractivity contribution in [3.8, 4) is 11.8 Å². The van der Waals surface area contributed by atoms with Gasteiger partial charge in [-0.1, -0.05) is 18.8 Å². The van der Waals surface area contributed by atoms with E-state index < -0.39 is 6.10 Å². The van der Waals surface area contributed by atoms with Crippen molar-refractivity contribution in [1.29, 1.82) is 0 Å². The molecule has 0 spiro atoms. The molecular formula is C11H20N2O. The molecule has 0 aliphatic carbocycles. The molecule has 1 fully saturated rings. The second kappa shape index (κ2) is 6.02. The average molecular weight is 196 g/mol. The van der Waals surface area contributed by atoms with E-state index >= 15 is 0 Å². The van der Waals surface area contributed by atoms with Crippen LogP contribution in [0.2, 0.25) is 0 Å². The van der Waals surface area contributed by atoms with Gasteiger partial charge in [0.1, 0.15) is 6.10 Å². The van der Waals surface area contributed by atoms with Gasteiger partial charge in [0.2, 0.25) is 0 Å². The maximum Gasteiger partial charge on any atom is 0.114 e. The van der Waals surface area contributed by atoms with Gasteiger partial charge in [0.25, 0.3) is 0 Å². The van der Waals surface area contributed by atoms with Gasteiger partial charge in [-0.3, -0.25) is 4.90 Å². The van der Waals surface area contributed by atoms with E-state index in [4.69, 9.17) is 0 Å². The van der Waals surface area contributed by atoms with Crippen molar-refractivity contribution in [3.05, 3.63) is 0 Å². The van der Waals surface area contributed by atoms with Crippen LogP contribution in [0.1, 0.15) is 13.3 Å². The van der Waals surface area contributed by atoms with Crippen LogP contribution in [0, 0.1) is 11.8 Å². The molecule has 0 amide bonds. The predicted octanol–water partition coefficient (Wildman–Crippen LogP) is 0.00810. The highest BCUT2D eigenvalue weighted by atomic mass is 16.3. The highest BCUT2D eigenvalue weighted by molar-refractivity contribution is 5.06. The van der Waals surface area contributed by atoms with Crippen LogP contribution in [-0.2, 0) is 0 Å². The fourth-order valence-electron chi connectivity index (χ4n) is 1.38. The number of hydrogen-bond donors (Lipinski definition) is 1. The smallest absolute Gasteiger partial charge is 0.114 e. The molecule has 3 nitrogen and oxygen atoms in total. The van der Waals surface area contributed by atoms with Gasteiger partial charge in [-0.25, -0.2) is 0 Å². The summed E-state index contributed by atoms with van der Waals surface area (Å²) in [5, 5.41) is 9.23. The summed E-state index contributed by atoms with van der Waals surface area (Å²) in [6.45, 7) is 7.16. The fourth-order valence-corrected chi connectivity index (χ4v) is 1.38. The van der Waals surface area contributed by atoms with Crippen molar-refractivity contribution in [1.82, 2.24) is 9.80 Å². The second-order valence-electron chi connectivity index (χ2n) is 3.82. The van der Waals surface area contributed by atoms with Crippen LogP contribution < -0.4 is 0 Å². The quantitative estimate of drug-likeness (QED) is 0.630. The second-order valence-corrected chi connectivity index (χ2v) is 3.82. The van der Waals surface area contributed by atoms with Crippen molar-refractivity contribution >= 4 is 0 Å². The molecule has 1 saturated heterocycles. The Kier molecular flexibility index (Phi) is 4.95. The van der Waals surface area contributed by atoms with Crippen LogP contribution in [0.5, 0.6) is 0 Å². The van der Waals surface area contributed by atoms with Crippen molar-refractivity contribution in [3.63, 3.8) is 0 Å². The topological polar surface area (TPSA) is 26.7 Å². The first-order valence-corrected chi connectivity index (χ1v) is 5.29. The minimum Gasteiger partial charge on any atom is -0.380 e. The Bertz CT molecular complexity index is 211. The van der Waals surface area contributed by atoms with Crippen LogP contribution >= 0.6 is 0 Å². The lowest BCUT2D eigenvalue weighted by Crippen LogP contribution is -2.44. The normalized spacial score (nSPS) is 21.4. The van der Waals surface area contributed by atoms with Gasteiger partial charge in [0, 0.05) is 26.2 Å². The maximum atomic E-state index is 9.23. The lowest BCUT2D eigenvalue weighted by atomic mass is 10.3. The van der Waals surface area contributed by atoms with Crippen LogP contribution in [0.4, 0.5) is 0 Å². The zero-order valence-electron chi connectivity index (χ0n) is 9.16. The third-order valence-electron chi connectivity index (χ3n) is 2.55. The molecule has 14 heavy (non-hydrogen) atoms. The molecule has 0 aromatic heterocycles. The number of likely N-dealkylation sites (N-methyl/N-ethyl adjacent to an activating group) is 1. The van der Waals surface area contributed by atoms with E-state index in [0.29, 0.717) is 0 Å². The molecule has 1 heterocycles. The van der Waals surface area contributed by atoms with E-state index in [2.05, 4.69) is 28.7 Å². The first kappa shape index (κ1) is 11.5. The Labute approximate surface area is 86.7 Å². The Morgan fingerprint density at radius 1 is 1.29 bits per heavy atom. The molecule has 80 valence electrons. The van der Waals surface area contributed by atoms with Gasteiger partial charge in [-0.2, -0.15) is 0 Å². The number of aliphatic hydroxyl groups is 1. The average Bonchev–Trinajstić information content (AvgIpc) is 2.21.